The van der Waals surface area contributed by atoms with Crippen LogP contribution in [0.5, 0.6) is 0 Å². The largest absolute Gasteiger partial charge is 0.466 e. The van der Waals surface area contributed by atoms with Gasteiger partial charge in [-0.3, -0.25) is 4.79 Å². The van der Waals surface area contributed by atoms with Crippen LogP contribution in [0, 0.1) is 0 Å². The van der Waals surface area contributed by atoms with Crippen LogP contribution in [0.25, 0.3) is 0 Å². The predicted molar refractivity (Wildman–Crippen MR) is 47.6 cm³/mol. The van der Waals surface area contributed by atoms with E-state index >= 15 is 0 Å². The topological polar surface area (TPSA) is 52.6 Å². The number of carbonyl (C=O) groups excluding carboxylic acids is 2. The molecular formula is C10H12O4. The first-order chi connectivity index (χ1) is 6.56. The van der Waals surface area contributed by atoms with Gasteiger partial charge in [0.15, 0.2) is 5.78 Å². The molecule has 0 N–H and O–H groups in total. The van der Waals surface area contributed by atoms with Gasteiger partial charge in [-0.15, -0.1) is 0 Å². The Morgan fingerprint density at radius 2 is 2.43 bits per heavy atom. The lowest BCUT2D eigenvalue weighted by molar-refractivity contribution is -0.146. The van der Waals surface area contributed by atoms with Gasteiger partial charge in [-0.05, 0) is 19.4 Å². The van der Waals surface area contributed by atoms with Crippen LogP contribution in [-0.4, -0.2) is 30.6 Å². The summed E-state index contributed by atoms with van der Waals surface area (Å²) in [6.07, 6.45) is 2.14. The first-order valence-electron chi connectivity index (χ1n) is 4.57. The van der Waals surface area contributed by atoms with E-state index in [2.05, 4.69) is 4.74 Å². The van der Waals surface area contributed by atoms with Crippen molar-refractivity contribution >= 4 is 11.8 Å². The monoisotopic (exact) mass is 196 g/mol. The van der Waals surface area contributed by atoms with Crippen LogP contribution >= 0.6 is 0 Å². The number of Topliss-reactive ketones (excluding diaryl/α,β-unsaturated/α-hetero) is 1. The Morgan fingerprint density at radius 1 is 1.71 bits per heavy atom. The zero-order valence-electron chi connectivity index (χ0n) is 8.20. The molecule has 2 heterocycles. The van der Waals surface area contributed by atoms with Gasteiger partial charge in [0.25, 0.3) is 0 Å². The highest BCUT2D eigenvalue weighted by Gasteiger charge is 2.46. The number of fused-ring (bicyclic) bond motifs is 2. The van der Waals surface area contributed by atoms with Gasteiger partial charge in [-0.1, -0.05) is 0 Å². The van der Waals surface area contributed by atoms with Crippen LogP contribution in [0.3, 0.4) is 0 Å². The highest BCUT2D eigenvalue weighted by Crippen LogP contribution is 2.38. The molecular weight excluding hydrogens is 184 g/mol. The minimum Gasteiger partial charge on any atom is -0.466 e. The predicted octanol–water partition coefficient (Wildman–Crippen LogP) is 0.606. The summed E-state index contributed by atoms with van der Waals surface area (Å²) < 4.78 is 10.1. The van der Waals surface area contributed by atoms with Crippen LogP contribution in [-0.2, 0) is 19.1 Å². The summed E-state index contributed by atoms with van der Waals surface area (Å²) in [5, 5.41) is 0. The second-order valence-corrected chi connectivity index (χ2v) is 3.87. The maximum atomic E-state index is 11.5. The standard InChI is InChI=1S/C10H12O4/c1-10-4-3-7(11)8(14-10)6(5-10)9(12)13-2/h5,8H,3-4H2,1-2H3/t8-,10-/m1/s1. The molecule has 0 radical (unpaired) electrons. The molecule has 1 fully saturated rings. The second kappa shape index (κ2) is 2.92. The summed E-state index contributed by atoms with van der Waals surface area (Å²) in [5.41, 5.74) is -0.0975. The highest BCUT2D eigenvalue weighted by atomic mass is 16.5. The molecule has 4 heteroatoms. The minimum absolute atomic E-state index is 0.0309. The van der Waals surface area contributed by atoms with Crippen molar-refractivity contribution in [2.24, 2.45) is 0 Å². The fraction of sp³-hybridized carbons (Fsp3) is 0.600. The van der Waals surface area contributed by atoms with E-state index in [1.54, 1.807) is 6.08 Å². The summed E-state index contributed by atoms with van der Waals surface area (Å²) in [6, 6.07) is 0. The van der Waals surface area contributed by atoms with E-state index in [-0.39, 0.29) is 5.78 Å². The maximum Gasteiger partial charge on any atom is 0.336 e. The van der Waals surface area contributed by atoms with E-state index in [0.29, 0.717) is 18.4 Å². The molecule has 1 saturated heterocycles. The van der Waals surface area contributed by atoms with Crippen molar-refractivity contribution in [3.05, 3.63) is 11.6 Å². The van der Waals surface area contributed by atoms with E-state index in [1.807, 2.05) is 6.92 Å². The summed E-state index contributed by atoms with van der Waals surface area (Å²) in [6.45, 7) is 1.88. The summed E-state index contributed by atoms with van der Waals surface area (Å²) in [4.78, 5) is 22.8. The molecule has 0 aromatic heterocycles. The Kier molecular flexibility index (Phi) is 1.96. The third kappa shape index (κ3) is 1.26. The maximum absolute atomic E-state index is 11.5. The SMILES string of the molecule is COC(=O)C1=C[C@@]2(C)CCC(=O)[C@@H]1O2. The van der Waals surface area contributed by atoms with E-state index in [0.717, 1.165) is 0 Å². The van der Waals surface area contributed by atoms with Crippen LogP contribution in [0.2, 0.25) is 0 Å². The van der Waals surface area contributed by atoms with Crippen LogP contribution < -0.4 is 0 Å². The van der Waals surface area contributed by atoms with Gasteiger partial charge < -0.3 is 9.47 Å². The molecule has 2 aliphatic rings. The average molecular weight is 196 g/mol. The van der Waals surface area contributed by atoms with Gasteiger partial charge in [0.05, 0.1) is 18.3 Å². The molecule has 0 amide bonds. The van der Waals surface area contributed by atoms with Crippen molar-refractivity contribution in [2.45, 2.75) is 31.5 Å². The number of esters is 1. The lowest BCUT2D eigenvalue weighted by Gasteiger charge is -2.28. The fourth-order valence-corrected chi connectivity index (χ4v) is 1.93. The minimum atomic E-state index is -0.693. The molecule has 0 aromatic carbocycles. The molecule has 2 bridgehead atoms. The quantitative estimate of drug-likeness (QED) is 0.576. The van der Waals surface area contributed by atoms with Crippen molar-refractivity contribution in [1.82, 2.24) is 0 Å². The Morgan fingerprint density at radius 3 is 3.07 bits per heavy atom. The van der Waals surface area contributed by atoms with E-state index < -0.39 is 17.7 Å². The zero-order valence-corrected chi connectivity index (χ0v) is 8.20. The molecule has 0 aromatic rings. The number of ketones is 1. The van der Waals surface area contributed by atoms with Crippen LogP contribution in [0.15, 0.2) is 11.6 Å². The Bertz CT molecular complexity index is 331. The normalized spacial score (nSPS) is 35.4. The number of carbonyl (C=O) groups is 2. The van der Waals surface area contributed by atoms with Gasteiger partial charge in [-0.2, -0.15) is 0 Å². The van der Waals surface area contributed by atoms with Crippen LogP contribution in [0.4, 0.5) is 0 Å². The smallest absolute Gasteiger partial charge is 0.336 e. The van der Waals surface area contributed by atoms with Gasteiger partial charge in [0.1, 0.15) is 6.10 Å². The molecule has 2 aliphatic heterocycles. The van der Waals surface area contributed by atoms with Crippen molar-refractivity contribution in [3.63, 3.8) is 0 Å². The Balaban J connectivity index is 2.33. The van der Waals surface area contributed by atoms with Gasteiger partial charge in [-0.25, -0.2) is 4.79 Å². The molecule has 14 heavy (non-hydrogen) atoms. The number of hydrogen-bond donors (Lipinski definition) is 0. The number of hydrogen-bond acceptors (Lipinski definition) is 4. The van der Waals surface area contributed by atoms with Gasteiger partial charge >= 0.3 is 5.97 Å². The molecule has 0 unspecified atom stereocenters. The molecule has 0 aliphatic carbocycles. The lowest BCUT2D eigenvalue weighted by Crippen LogP contribution is -2.37. The lowest BCUT2D eigenvalue weighted by atomic mass is 9.98. The summed E-state index contributed by atoms with van der Waals surface area (Å²) in [5.74, 6) is -0.495. The first kappa shape index (κ1) is 9.40. The van der Waals surface area contributed by atoms with Crippen molar-refractivity contribution in [3.8, 4) is 0 Å². The molecule has 2 atom stereocenters. The van der Waals surface area contributed by atoms with Crippen molar-refractivity contribution in [1.29, 1.82) is 0 Å². The average Bonchev–Trinajstić information content (AvgIpc) is 2.47. The third-order valence-corrected chi connectivity index (χ3v) is 2.71. The van der Waals surface area contributed by atoms with Crippen LogP contribution in [0.1, 0.15) is 19.8 Å². The number of methoxy groups -OCH3 is 1. The fourth-order valence-electron chi connectivity index (χ4n) is 1.93. The molecule has 0 spiro atoms. The second-order valence-electron chi connectivity index (χ2n) is 3.87. The summed E-state index contributed by atoms with van der Waals surface area (Å²) >= 11 is 0. The van der Waals surface area contributed by atoms with E-state index in [1.165, 1.54) is 7.11 Å². The van der Waals surface area contributed by atoms with Crippen molar-refractivity contribution in [2.75, 3.05) is 7.11 Å². The Labute approximate surface area is 81.9 Å². The summed E-state index contributed by atoms with van der Waals surface area (Å²) in [7, 11) is 1.30. The molecule has 4 nitrogen and oxygen atoms in total. The van der Waals surface area contributed by atoms with Gasteiger partial charge in [0, 0.05) is 6.42 Å². The molecule has 76 valence electrons. The number of rotatable bonds is 1. The van der Waals surface area contributed by atoms with Gasteiger partial charge in [0.2, 0.25) is 0 Å². The van der Waals surface area contributed by atoms with E-state index in [4.69, 9.17) is 4.74 Å². The van der Waals surface area contributed by atoms with Crippen molar-refractivity contribution < 1.29 is 19.1 Å². The number of ether oxygens (including phenoxy) is 2. The Hall–Kier alpha value is -1.16. The van der Waals surface area contributed by atoms with E-state index in [9.17, 15) is 9.59 Å². The zero-order chi connectivity index (χ0) is 10.3. The molecule has 0 saturated carbocycles. The molecule has 2 rings (SSSR count). The highest BCUT2D eigenvalue weighted by molar-refractivity contribution is 6.01. The third-order valence-electron chi connectivity index (χ3n) is 2.71. The first-order valence-corrected chi connectivity index (χ1v) is 4.57.